The molecule has 0 saturated heterocycles. The van der Waals surface area contributed by atoms with Crippen LogP contribution in [0.5, 0.6) is 0 Å². The molecule has 1 aromatic carbocycles. The number of nitriles is 1. The Morgan fingerprint density at radius 1 is 1.40 bits per heavy atom. The van der Waals surface area contributed by atoms with E-state index in [4.69, 9.17) is 22.7 Å². The first kappa shape index (κ1) is 13.8. The maximum absolute atomic E-state index is 12.0. The lowest BCUT2D eigenvalue weighted by atomic mass is 10.2. The van der Waals surface area contributed by atoms with Crippen LogP contribution in [0.4, 0.5) is 11.5 Å². The summed E-state index contributed by atoms with van der Waals surface area (Å²) in [6, 6.07) is 10.0. The number of carbonyl (C=O) groups is 1. The summed E-state index contributed by atoms with van der Waals surface area (Å²) >= 11 is 5.90. The minimum absolute atomic E-state index is 0.242. The summed E-state index contributed by atoms with van der Waals surface area (Å²) in [4.78, 5) is 15.9. The lowest BCUT2D eigenvalue weighted by molar-refractivity contribution is 0.102. The number of rotatable bonds is 3. The molecule has 6 nitrogen and oxygen atoms in total. The van der Waals surface area contributed by atoms with E-state index < -0.39 is 0 Å². The Kier molecular flexibility index (Phi) is 4.15. The first-order valence-electron chi connectivity index (χ1n) is 5.57. The number of amides is 1. The number of nitrogens with zero attached hydrogens (tertiary/aromatic N) is 2. The van der Waals surface area contributed by atoms with Crippen molar-refractivity contribution in [3.05, 3.63) is 52.7 Å². The van der Waals surface area contributed by atoms with Gasteiger partial charge in [-0.1, -0.05) is 17.7 Å². The van der Waals surface area contributed by atoms with E-state index in [0.717, 1.165) is 0 Å². The smallest absolute Gasteiger partial charge is 0.257 e. The number of hydrogen-bond donors (Lipinski definition) is 3. The van der Waals surface area contributed by atoms with Gasteiger partial charge in [0.2, 0.25) is 0 Å². The molecule has 20 heavy (non-hydrogen) atoms. The normalized spacial score (nSPS) is 9.65. The van der Waals surface area contributed by atoms with E-state index in [1.807, 2.05) is 6.07 Å². The molecule has 2 aromatic rings. The highest BCUT2D eigenvalue weighted by molar-refractivity contribution is 6.33. The third-order valence-corrected chi connectivity index (χ3v) is 2.78. The summed E-state index contributed by atoms with van der Waals surface area (Å²) in [5.74, 6) is 5.11. The van der Waals surface area contributed by atoms with Gasteiger partial charge in [0, 0.05) is 11.9 Å². The molecule has 0 bridgehead atoms. The number of aromatic nitrogens is 1. The second-order valence-corrected chi connectivity index (χ2v) is 4.25. The fourth-order valence-corrected chi connectivity index (χ4v) is 1.76. The molecule has 0 spiro atoms. The van der Waals surface area contributed by atoms with Crippen LogP contribution >= 0.6 is 11.6 Å². The number of halogens is 1. The predicted molar refractivity (Wildman–Crippen MR) is 76.2 cm³/mol. The molecular formula is C13H10ClN5O. The van der Waals surface area contributed by atoms with Gasteiger partial charge in [0.15, 0.2) is 5.82 Å². The summed E-state index contributed by atoms with van der Waals surface area (Å²) < 4.78 is 0. The van der Waals surface area contributed by atoms with Crippen LogP contribution in [0, 0.1) is 11.3 Å². The van der Waals surface area contributed by atoms with Gasteiger partial charge >= 0.3 is 0 Å². The van der Waals surface area contributed by atoms with E-state index in [0.29, 0.717) is 11.3 Å². The Bertz CT molecular complexity index is 695. The highest BCUT2D eigenvalue weighted by Gasteiger charge is 2.10. The largest absolute Gasteiger partial charge is 0.322 e. The fourth-order valence-electron chi connectivity index (χ4n) is 1.54. The topological polar surface area (TPSA) is 104 Å². The third kappa shape index (κ3) is 3.03. The molecule has 0 radical (unpaired) electrons. The Labute approximate surface area is 120 Å². The Hall–Kier alpha value is -2.62. The summed E-state index contributed by atoms with van der Waals surface area (Å²) in [6.45, 7) is 0. The van der Waals surface area contributed by atoms with Crippen molar-refractivity contribution in [1.82, 2.24) is 4.98 Å². The summed E-state index contributed by atoms with van der Waals surface area (Å²) in [5.41, 5.74) is 3.58. The molecule has 4 N–H and O–H groups in total. The van der Waals surface area contributed by atoms with Gasteiger partial charge in [-0.2, -0.15) is 5.26 Å². The van der Waals surface area contributed by atoms with Crippen molar-refractivity contribution in [2.24, 2.45) is 5.84 Å². The molecule has 0 saturated carbocycles. The number of nitrogen functional groups attached to an aromatic ring is 1. The molecule has 7 heteroatoms. The monoisotopic (exact) mass is 287 g/mol. The van der Waals surface area contributed by atoms with E-state index in [-0.39, 0.29) is 22.3 Å². The average molecular weight is 288 g/mol. The molecule has 0 aliphatic rings. The minimum Gasteiger partial charge on any atom is -0.322 e. The minimum atomic E-state index is -0.377. The number of benzene rings is 1. The Morgan fingerprint density at radius 3 is 2.85 bits per heavy atom. The molecule has 1 amide bonds. The molecule has 1 aromatic heterocycles. The van der Waals surface area contributed by atoms with Gasteiger partial charge < -0.3 is 10.7 Å². The van der Waals surface area contributed by atoms with Crippen LogP contribution in [-0.4, -0.2) is 10.9 Å². The summed E-state index contributed by atoms with van der Waals surface area (Å²) in [5, 5.41) is 11.7. The number of carbonyl (C=O) groups excluding carboxylic acids is 1. The van der Waals surface area contributed by atoms with Gasteiger partial charge in [-0.15, -0.1) is 0 Å². The van der Waals surface area contributed by atoms with Crippen LogP contribution < -0.4 is 16.6 Å². The molecule has 2 rings (SSSR count). The maximum Gasteiger partial charge on any atom is 0.257 e. The van der Waals surface area contributed by atoms with Crippen molar-refractivity contribution in [3.63, 3.8) is 0 Å². The molecule has 0 unspecified atom stereocenters. The van der Waals surface area contributed by atoms with E-state index in [2.05, 4.69) is 15.7 Å². The number of nitrogens with two attached hydrogens (primary N) is 1. The molecule has 0 fully saturated rings. The van der Waals surface area contributed by atoms with Crippen LogP contribution in [0.3, 0.4) is 0 Å². The summed E-state index contributed by atoms with van der Waals surface area (Å²) in [7, 11) is 0. The molecule has 0 aliphatic carbocycles. The molecule has 0 aliphatic heterocycles. The van der Waals surface area contributed by atoms with Gasteiger partial charge in [-0.25, -0.2) is 10.8 Å². The number of nitrogens with one attached hydrogen (secondary N) is 2. The van der Waals surface area contributed by atoms with Gasteiger partial charge in [0.05, 0.1) is 22.2 Å². The highest BCUT2D eigenvalue weighted by Crippen LogP contribution is 2.20. The van der Waals surface area contributed by atoms with Crippen LogP contribution in [0.25, 0.3) is 0 Å². The van der Waals surface area contributed by atoms with E-state index in [1.165, 1.54) is 12.3 Å². The Morgan fingerprint density at radius 2 is 2.20 bits per heavy atom. The number of hydrogen-bond acceptors (Lipinski definition) is 5. The lowest BCUT2D eigenvalue weighted by Crippen LogP contribution is -2.14. The van der Waals surface area contributed by atoms with Crippen molar-refractivity contribution in [2.75, 3.05) is 10.7 Å². The fraction of sp³-hybridized carbons (Fsp3) is 0. The van der Waals surface area contributed by atoms with Crippen molar-refractivity contribution >= 4 is 29.0 Å². The standard InChI is InChI=1S/C13H10ClN5O/c14-11-5-9(7-17-12(11)19-16)13(20)18-10-3-1-2-8(4-10)6-15/h1-5,7H,16H2,(H,17,19)(H,18,20). The van der Waals surface area contributed by atoms with Gasteiger partial charge in [0.1, 0.15) is 0 Å². The zero-order valence-corrected chi connectivity index (χ0v) is 11.0. The van der Waals surface area contributed by atoms with Crippen LogP contribution in [0.1, 0.15) is 15.9 Å². The lowest BCUT2D eigenvalue weighted by Gasteiger charge is -2.07. The second-order valence-electron chi connectivity index (χ2n) is 3.85. The maximum atomic E-state index is 12.0. The molecule has 0 atom stereocenters. The van der Waals surface area contributed by atoms with E-state index >= 15 is 0 Å². The SMILES string of the molecule is N#Cc1cccc(NC(=O)c2cnc(NN)c(Cl)c2)c1. The quantitative estimate of drug-likeness (QED) is 0.593. The van der Waals surface area contributed by atoms with Gasteiger partial charge in [0.25, 0.3) is 5.91 Å². The molecule has 1 heterocycles. The zero-order chi connectivity index (χ0) is 14.5. The van der Waals surface area contributed by atoms with Crippen molar-refractivity contribution in [2.45, 2.75) is 0 Å². The van der Waals surface area contributed by atoms with Gasteiger partial charge in [-0.05, 0) is 24.3 Å². The predicted octanol–water partition coefficient (Wildman–Crippen LogP) is 2.14. The molecular weight excluding hydrogens is 278 g/mol. The van der Waals surface area contributed by atoms with Crippen LogP contribution in [-0.2, 0) is 0 Å². The first-order chi connectivity index (χ1) is 9.63. The first-order valence-corrected chi connectivity index (χ1v) is 5.95. The van der Waals surface area contributed by atoms with Crippen molar-refractivity contribution < 1.29 is 4.79 Å². The average Bonchev–Trinajstić information content (AvgIpc) is 2.47. The second kappa shape index (κ2) is 6.02. The summed E-state index contributed by atoms with van der Waals surface area (Å²) in [6.07, 6.45) is 1.35. The number of anilines is 2. The molecule has 100 valence electrons. The number of hydrazine groups is 1. The van der Waals surface area contributed by atoms with Crippen LogP contribution in [0.15, 0.2) is 36.5 Å². The highest BCUT2D eigenvalue weighted by atomic mass is 35.5. The van der Waals surface area contributed by atoms with Crippen molar-refractivity contribution in [1.29, 1.82) is 5.26 Å². The van der Waals surface area contributed by atoms with E-state index in [9.17, 15) is 4.79 Å². The Balaban J connectivity index is 2.19. The van der Waals surface area contributed by atoms with Gasteiger partial charge in [-0.3, -0.25) is 4.79 Å². The van der Waals surface area contributed by atoms with Crippen molar-refractivity contribution in [3.8, 4) is 6.07 Å². The number of pyridine rings is 1. The zero-order valence-electron chi connectivity index (χ0n) is 10.2. The van der Waals surface area contributed by atoms with Crippen LogP contribution in [0.2, 0.25) is 5.02 Å². The third-order valence-electron chi connectivity index (χ3n) is 2.49. The van der Waals surface area contributed by atoms with E-state index in [1.54, 1.807) is 24.3 Å².